The van der Waals surface area contributed by atoms with Gasteiger partial charge in [-0.15, -0.1) is 0 Å². The number of hydrogen-bond acceptors (Lipinski definition) is 5. The van der Waals surface area contributed by atoms with Crippen LogP contribution in [0.25, 0.3) is 5.65 Å². The molecule has 25 heavy (non-hydrogen) atoms. The van der Waals surface area contributed by atoms with E-state index in [2.05, 4.69) is 10.3 Å². The Balaban J connectivity index is 1.90. The maximum absolute atomic E-state index is 12.2. The highest BCUT2D eigenvalue weighted by Crippen LogP contribution is 2.35. The predicted molar refractivity (Wildman–Crippen MR) is 98.4 cm³/mol. The van der Waals surface area contributed by atoms with E-state index in [-0.39, 0.29) is 5.56 Å². The smallest absolute Gasteiger partial charge is 0.258 e. The van der Waals surface area contributed by atoms with E-state index in [1.165, 1.54) is 23.8 Å². The van der Waals surface area contributed by atoms with Gasteiger partial charge in [0.1, 0.15) is 17.1 Å². The number of benzene rings is 1. The van der Waals surface area contributed by atoms with Crippen molar-refractivity contribution in [3.05, 3.63) is 62.6 Å². The van der Waals surface area contributed by atoms with Gasteiger partial charge in [0.05, 0.1) is 42.2 Å². The summed E-state index contributed by atoms with van der Waals surface area (Å²) in [6.07, 6.45) is 1.54. The second-order valence-electron chi connectivity index (χ2n) is 5.20. The fraction of sp³-hybridized carbons (Fsp3) is 0.176. The average Bonchev–Trinajstić information content (AvgIpc) is 2.61. The van der Waals surface area contributed by atoms with E-state index in [1.54, 1.807) is 31.4 Å². The molecule has 1 N–H and O–H groups in total. The first-order valence-electron chi connectivity index (χ1n) is 7.35. The second-order valence-corrected chi connectivity index (χ2v) is 6.05. The first-order valence-corrected chi connectivity index (χ1v) is 8.10. The molecule has 0 amide bonds. The van der Waals surface area contributed by atoms with Crippen molar-refractivity contribution in [2.75, 3.05) is 19.5 Å². The summed E-state index contributed by atoms with van der Waals surface area (Å²) in [5.41, 5.74) is 1.59. The van der Waals surface area contributed by atoms with Crippen LogP contribution in [-0.4, -0.2) is 23.6 Å². The van der Waals surface area contributed by atoms with Gasteiger partial charge < -0.3 is 14.8 Å². The minimum atomic E-state index is -0.204. The van der Waals surface area contributed by atoms with E-state index in [4.69, 9.17) is 32.7 Å². The molecule has 0 saturated carbocycles. The van der Waals surface area contributed by atoms with Crippen LogP contribution in [0.15, 0.2) is 41.3 Å². The fourth-order valence-corrected chi connectivity index (χ4v) is 2.79. The molecule has 0 atom stereocenters. The molecule has 0 unspecified atom stereocenters. The van der Waals surface area contributed by atoms with Crippen LogP contribution >= 0.6 is 23.2 Å². The number of hydrogen-bond donors (Lipinski definition) is 1. The number of nitrogens with zero attached hydrogens (tertiary/aromatic N) is 2. The zero-order valence-electron chi connectivity index (χ0n) is 13.5. The molecule has 8 heteroatoms. The van der Waals surface area contributed by atoms with Crippen molar-refractivity contribution in [1.29, 1.82) is 0 Å². The molecular formula is C17H15Cl2N3O3. The third kappa shape index (κ3) is 3.65. The average molecular weight is 380 g/mol. The lowest BCUT2D eigenvalue weighted by Crippen LogP contribution is -2.16. The lowest BCUT2D eigenvalue weighted by Gasteiger charge is -2.14. The van der Waals surface area contributed by atoms with Crippen molar-refractivity contribution in [2.45, 2.75) is 6.54 Å². The van der Waals surface area contributed by atoms with Crippen molar-refractivity contribution in [1.82, 2.24) is 9.38 Å². The number of rotatable bonds is 5. The number of ether oxygens (including phenoxy) is 2. The first-order chi connectivity index (χ1) is 12.0. The van der Waals surface area contributed by atoms with Crippen LogP contribution in [0.4, 0.5) is 5.69 Å². The van der Waals surface area contributed by atoms with Crippen LogP contribution in [0.2, 0.25) is 10.0 Å². The van der Waals surface area contributed by atoms with Gasteiger partial charge in [0.2, 0.25) is 0 Å². The molecule has 0 aliphatic heterocycles. The van der Waals surface area contributed by atoms with Gasteiger partial charge in [-0.25, -0.2) is 4.98 Å². The van der Waals surface area contributed by atoms with Gasteiger partial charge in [0.15, 0.2) is 0 Å². The Morgan fingerprint density at radius 2 is 1.88 bits per heavy atom. The number of aromatic nitrogens is 2. The predicted octanol–water partition coefficient (Wildman–Crippen LogP) is 3.63. The summed E-state index contributed by atoms with van der Waals surface area (Å²) in [6.45, 7) is 0.329. The largest absolute Gasteiger partial charge is 0.495 e. The molecule has 0 saturated heterocycles. The van der Waals surface area contributed by atoms with Crippen LogP contribution in [-0.2, 0) is 6.54 Å². The summed E-state index contributed by atoms with van der Waals surface area (Å²) in [6, 6.07) is 8.23. The molecule has 2 aromatic heterocycles. The zero-order valence-corrected chi connectivity index (χ0v) is 15.1. The van der Waals surface area contributed by atoms with Crippen LogP contribution in [0.1, 0.15) is 5.69 Å². The molecule has 3 aromatic rings. The molecule has 1 aromatic carbocycles. The number of nitrogens with one attached hydrogen (secondary N) is 1. The van der Waals surface area contributed by atoms with E-state index in [9.17, 15) is 4.79 Å². The number of halogens is 2. The third-order valence-corrected chi connectivity index (χ3v) is 4.13. The normalized spacial score (nSPS) is 10.7. The summed E-state index contributed by atoms with van der Waals surface area (Å²) in [7, 11) is 3.09. The Morgan fingerprint density at radius 3 is 2.60 bits per heavy atom. The van der Waals surface area contributed by atoms with Crippen LogP contribution in [0.5, 0.6) is 11.5 Å². The topological polar surface area (TPSA) is 64.9 Å². The van der Waals surface area contributed by atoms with E-state index >= 15 is 0 Å². The highest BCUT2D eigenvalue weighted by atomic mass is 35.5. The molecule has 3 rings (SSSR count). The molecule has 0 aliphatic rings. The number of methoxy groups -OCH3 is 2. The minimum Gasteiger partial charge on any atom is -0.495 e. The standard InChI is InChI=1S/C17H15Cl2N3O3/c1-24-14-7-13(15(25-2)6-12(14)19)20-8-11-5-17(23)22-9-10(18)3-4-16(22)21-11/h3-7,9,20H,8H2,1-2H3. The van der Waals surface area contributed by atoms with Gasteiger partial charge in [-0.1, -0.05) is 23.2 Å². The zero-order chi connectivity index (χ0) is 18.0. The van der Waals surface area contributed by atoms with Crippen molar-refractivity contribution in [3.63, 3.8) is 0 Å². The van der Waals surface area contributed by atoms with E-state index in [0.29, 0.717) is 45.1 Å². The lowest BCUT2D eigenvalue weighted by atomic mass is 10.2. The number of anilines is 1. The third-order valence-electron chi connectivity index (χ3n) is 3.61. The van der Waals surface area contributed by atoms with Crippen molar-refractivity contribution >= 4 is 34.5 Å². The van der Waals surface area contributed by atoms with Gasteiger partial charge in [-0.2, -0.15) is 0 Å². The van der Waals surface area contributed by atoms with Crippen LogP contribution < -0.4 is 20.3 Å². The maximum atomic E-state index is 12.2. The first kappa shape index (κ1) is 17.4. The number of fused-ring (bicyclic) bond motifs is 1. The SMILES string of the molecule is COc1cc(NCc2cc(=O)n3cc(Cl)ccc3n2)c(OC)cc1Cl. The molecule has 2 heterocycles. The van der Waals surface area contributed by atoms with Crippen molar-refractivity contribution in [3.8, 4) is 11.5 Å². The monoisotopic (exact) mass is 379 g/mol. The van der Waals surface area contributed by atoms with E-state index in [1.807, 2.05) is 0 Å². The van der Waals surface area contributed by atoms with Gasteiger partial charge in [-0.3, -0.25) is 9.20 Å². The summed E-state index contributed by atoms with van der Waals surface area (Å²) in [5.74, 6) is 1.08. The van der Waals surface area contributed by atoms with Crippen LogP contribution in [0.3, 0.4) is 0 Å². The summed E-state index contributed by atoms with van der Waals surface area (Å²) in [4.78, 5) is 16.7. The van der Waals surface area contributed by atoms with Crippen LogP contribution in [0, 0.1) is 0 Å². The number of pyridine rings is 1. The Kier molecular flexibility index (Phi) is 5.01. The summed E-state index contributed by atoms with van der Waals surface area (Å²) < 4.78 is 11.9. The Hall–Kier alpha value is -2.44. The molecule has 6 nitrogen and oxygen atoms in total. The highest BCUT2D eigenvalue weighted by molar-refractivity contribution is 6.32. The van der Waals surface area contributed by atoms with Crippen molar-refractivity contribution in [2.24, 2.45) is 0 Å². The molecule has 0 radical (unpaired) electrons. The van der Waals surface area contributed by atoms with E-state index in [0.717, 1.165) is 0 Å². The van der Waals surface area contributed by atoms with Gasteiger partial charge in [-0.05, 0) is 12.1 Å². The van der Waals surface area contributed by atoms with Gasteiger partial charge in [0.25, 0.3) is 5.56 Å². The quantitative estimate of drug-likeness (QED) is 0.732. The lowest BCUT2D eigenvalue weighted by molar-refractivity contribution is 0.404. The van der Waals surface area contributed by atoms with Gasteiger partial charge >= 0.3 is 0 Å². The Bertz CT molecular complexity index is 989. The Labute approximate surface area is 153 Å². The molecule has 130 valence electrons. The van der Waals surface area contributed by atoms with Crippen molar-refractivity contribution < 1.29 is 9.47 Å². The van der Waals surface area contributed by atoms with Gasteiger partial charge in [0, 0.05) is 24.4 Å². The molecule has 0 spiro atoms. The fourth-order valence-electron chi connectivity index (χ4n) is 2.40. The highest BCUT2D eigenvalue weighted by Gasteiger charge is 2.10. The summed E-state index contributed by atoms with van der Waals surface area (Å²) in [5, 5.41) is 4.11. The molecule has 0 aliphatic carbocycles. The van der Waals surface area contributed by atoms with E-state index < -0.39 is 0 Å². The minimum absolute atomic E-state index is 0.204. The second kappa shape index (κ2) is 7.21. The maximum Gasteiger partial charge on any atom is 0.258 e. The summed E-state index contributed by atoms with van der Waals surface area (Å²) >= 11 is 12.0. The Morgan fingerprint density at radius 1 is 1.12 bits per heavy atom. The molecular weight excluding hydrogens is 365 g/mol. The molecule has 0 bridgehead atoms. The molecule has 0 fully saturated rings.